The summed E-state index contributed by atoms with van der Waals surface area (Å²) in [4.78, 5) is 102. The van der Waals surface area contributed by atoms with Crippen LogP contribution >= 0.6 is 11.8 Å². The minimum Gasteiger partial charge on any atom is -0.480 e. The Balaban J connectivity index is 5.99. The van der Waals surface area contributed by atoms with Crippen LogP contribution in [0.5, 0.6) is 0 Å². The molecule has 23 heteroatoms. The summed E-state index contributed by atoms with van der Waals surface area (Å²) in [5.41, 5.74) is 28.5. The number of rotatable bonds is 35. The first-order valence-corrected chi connectivity index (χ1v) is 21.5. The highest BCUT2D eigenvalue weighted by molar-refractivity contribution is 7.99. The number of aliphatic hydroxyl groups is 1. The number of carboxylic acids is 1. The van der Waals surface area contributed by atoms with Crippen molar-refractivity contribution < 1.29 is 58.0 Å². The smallest absolute Gasteiger partial charge is 0.326 e. The molecule has 5 amide bonds. The van der Waals surface area contributed by atoms with E-state index in [2.05, 4.69) is 26.6 Å². The van der Waals surface area contributed by atoms with Gasteiger partial charge in [0.05, 0.1) is 12.6 Å². The van der Waals surface area contributed by atoms with Gasteiger partial charge in [0, 0.05) is 25.4 Å². The summed E-state index contributed by atoms with van der Waals surface area (Å²) >= 11 is 1.12. The molecule has 0 saturated carbocycles. The molecule has 0 aromatic carbocycles. The molecule has 0 radical (unpaired) electrons. The molecule has 0 aliphatic rings. The number of aliphatic carboxylic acids is 1. The Labute approximate surface area is 356 Å². The van der Waals surface area contributed by atoms with E-state index in [0.29, 0.717) is 71.0 Å². The second-order valence-corrected chi connectivity index (χ2v) is 15.2. The van der Waals surface area contributed by atoms with Crippen LogP contribution in [0.15, 0.2) is 0 Å². The van der Waals surface area contributed by atoms with E-state index in [4.69, 9.17) is 38.1 Å². The van der Waals surface area contributed by atoms with E-state index in [1.54, 1.807) is 0 Å². The lowest BCUT2D eigenvalue weighted by atomic mass is 10.0. The fraction of sp³-hybridized carbons (Fsp3) is 0.784. The van der Waals surface area contributed by atoms with Crippen molar-refractivity contribution in [3.8, 4) is 0 Å². The zero-order chi connectivity index (χ0) is 45.5. The van der Waals surface area contributed by atoms with Crippen molar-refractivity contribution in [2.24, 2.45) is 28.7 Å². The fourth-order valence-electron chi connectivity index (χ4n) is 5.56. The van der Waals surface area contributed by atoms with Gasteiger partial charge in [-0.3, -0.25) is 33.6 Å². The van der Waals surface area contributed by atoms with E-state index in [1.807, 2.05) is 0 Å². The second kappa shape index (κ2) is 33.6. The summed E-state index contributed by atoms with van der Waals surface area (Å²) in [7, 11) is 0. The van der Waals surface area contributed by atoms with E-state index in [0.717, 1.165) is 11.8 Å². The first kappa shape index (κ1) is 55.9. The SMILES string of the molecule is CC(=O)OC[C@H](CSC[C@H](N)C(=O)N[C@@H](CO)C(=O)N[C@@H](CCCCN)C(=O)N[C@@H](CCCCN)C(=O)N[C@@H](CCCCN)C(=O)N[C@@H](CCCCN)C(=O)O)OC(C)=O. The third kappa shape index (κ3) is 25.5. The first-order valence-electron chi connectivity index (χ1n) is 20.3. The molecule has 0 aromatic rings. The number of nitrogens with two attached hydrogens (primary N) is 5. The molecule has 0 saturated heterocycles. The van der Waals surface area contributed by atoms with Gasteiger partial charge < -0.3 is 74.9 Å². The monoisotopic (exact) mass is 878 g/mol. The molecular weight excluding hydrogens is 809 g/mol. The van der Waals surface area contributed by atoms with Gasteiger partial charge in [-0.1, -0.05) is 0 Å². The number of unbranched alkanes of at least 4 members (excludes halogenated alkanes) is 4. The number of thioether (sulfide) groups is 1. The maximum atomic E-state index is 13.8. The zero-order valence-electron chi connectivity index (χ0n) is 35.0. The fourth-order valence-corrected chi connectivity index (χ4v) is 6.53. The number of nitrogens with one attached hydrogen (secondary N) is 5. The van der Waals surface area contributed by atoms with Crippen LogP contribution in [0.3, 0.4) is 0 Å². The standard InChI is InChI=1S/C37H70N10O12S/c1-23(49)58-20-25(59-24(2)50)21-60-22-26(42)32(51)47-31(19-48)36(55)45-28(12-4-8-16-39)34(53)43-27(11-3-7-15-38)33(52)44-29(13-5-9-17-40)35(54)46-30(37(56)57)14-6-10-18-41/h25-31,48H,3-22,38-42H2,1-2H3,(H,43,53)(H,44,52)(H,45,55)(H,46,54)(H,47,51)(H,56,57)/t25-,26+,27+,28+,29+,30+,31+/m1/s1. The normalized spacial score (nSPS) is 14.5. The highest BCUT2D eigenvalue weighted by Crippen LogP contribution is 2.11. The van der Waals surface area contributed by atoms with Crippen molar-refractivity contribution in [1.82, 2.24) is 26.6 Å². The van der Waals surface area contributed by atoms with Crippen molar-refractivity contribution in [1.29, 1.82) is 0 Å². The lowest BCUT2D eigenvalue weighted by Gasteiger charge is -2.27. The summed E-state index contributed by atoms with van der Waals surface area (Å²) < 4.78 is 10.0. The Morgan fingerprint density at radius 1 is 0.533 bits per heavy atom. The zero-order valence-corrected chi connectivity index (χ0v) is 35.8. The third-order valence-corrected chi connectivity index (χ3v) is 10.1. The van der Waals surface area contributed by atoms with E-state index < -0.39 is 96.4 Å². The molecule has 0 unspecified atom stereocenters. The highest BCUT2D eigenvalue weighted by atomic mass is 32.2. The van der Waals surface area contributed by atoms with Crippen molar-refractivity contribution in [2.45, 2.75) is 133 Å². The highest BCUT2D eigenvalue weighted by Gasteiger charge is 2.32. The Kier molecular flexibility index (Phi) is 31.3. The molecule has 0 aromatic heterocycles. The molecule has 0 aliphatic heterocycles. The third-order valence-electron chi connectivity index (χ3n) is 8.86. The van der Waals surface area contributed by atoms with Gasteiger partial charge in [0.1, 0.15) is 42.9 Å². The van der Waals surface area contributed by atoms with Crippen LogP contribution in [-0.2, 0) is 47.8 Å². The summed E-state index contributed by atoms with van der Waals surface area (Å²) in [6.07, 6.45) is 3.35. The van der Waals surface area contributed by atoms with Gasteiger partial charge >= 0.3 is 17.9 Å². The minimum absolute atomic E-state index is 0.00830. The van der Waals surface area contributed by atoms with Gasteiger partial charge in [0.25, 0.3) is 0 Å². The summed E-state index contributed by atoms with van der Waals surface area (Å²) in [6.45, 7) is 2.58. The molecular formula is C37H70N10O12S. The van der Waals surface area contributed by atoms with Crippen molar-refractivity contribution in [3.63, 3.8) is 0 Å². The number of ether oxygens (including phenoxy) is 2. The quantitative estimate of drug-likeness (QED) is 0.0218. The average molecular weight is 879 g/mol. The number of hydrogen-bond acceptors (Lipinski definition) is 17. The van der Waals surface area contributed by atoms with Gasteiger partial charge in [0.2, 0.25) is 29.5 Å². The molecule has 60 heavy (non-hydrogen) atoms. The Morgan fingerprint density at radius 2 is 0.900 bits per heavy atom. The maximum Gasteiger partial charge on any atom is 0.326 e. The molecule has 0 aliphatic carbocycles. The molecule has 17 N–H and O–H groups in total. The Hall–Kier alpha value is -4.13. The Bertz CT molecular complexity index is 1330. The van der Waals surface area contributed by atoms with Gasteiger partial charge in [-0.25, -0.2) is 4.79 Å². The molecule has 0 spiro atoms. The molecule has 0 bridgehead atoms. The number of carbonyl (C=O) groups is 8. The molecule has 22 nitrogen and oxygen atoms in total. The van der Waals surface area contributed by atoms with Gasteiger partial charge in [-0.2, -0.15) is 11.8 Å². The number of amides is 5. The lowest BCUT2D eigenvalue weighted by molar-refractivity contribution is -0.154. The largest absolute Gasteiger partial charge is 0.480 e. The predicted molar refractivity (Wildman–Crippen MR) is 223 cm³/mol. The molecule has 0 rings (SSSR count). The van der Waals surface area contributed by atoms with E-state index in [1.165, 1.54) is 13.8 Å². The number of carboxylic acid groups (broad SMARTS) is 1. The summed E-state index contributed by atoms with van der Waals surface area (Å²) in [5, 5.41) is 32.5. The summed E-state index contributed by atoms with van der Waals surface area (Å²) in [5.74, 6) is -6.24. The van der Waals surface area contributed by atoms with Crippen LogP contribution in [0.4, 0.5) is 0 Å². The minimum atomic E-state index is -1.53. The first-order chi connectivity index (χ1) is 28.5. The lowest BCUT2D eigenvalue weighted by Crippen LogP contribution is -2.59. The van der Waals surface area contributed by atoms with Crippen molar-refractivity contribution in [2.75, 3.05) is 50.9 Å². The van der Waals surface area contributed by atoms with Crippen LogP contribution in [0.1, 0.15) is 90.9 Å². The molecule has 0 fully saturated rings. The van der Waals surface area contributed by atoms with E-state index in [-0.39, 0.29) is 50.3 Å². The van der Waals surface area contributed by atoms with Crippen LogP contribution in [-0.4, -0.2) is 151 Å². The number of hydrogen-bond donors (Lipinski definition) is 12. The number of esters is 2. The number of aliphatic hydroxyl groups excluding tert-OH is 1. The van der Waals surface area contributed by atoms with Crippen LogP contribution in [0.2, 0.25) is 0 Å². The van der Waals surface area contributed by atoms with Gasteiger partial charge in [0.15, 0.2) is 0 Å². The van der Waals surface area contributed by atoms with E-state index in [9.17, 15) is 48.6 Å². The Morgan fingerprint density at radius 3 is 1.25 bits per heavy atom. The van der Waals surface area contributed by atoms with E-state index >= 15 is 0 Å². The maximum absolute atomic E-state index is 13.8. The topological polar surface area (TPSA) is 386 Å². The number of carbonyl (C=O) groups excluding carboxylic acids is 7. The molecule has 346 valence electrons. The predicted octanol–water partition coefficient (Wildman–Crippen LogP) is -3.44. The van der Waals surface area contributed by atoms with Crippen molar-refractivity contribution >= 4 is 59.2 Å². The van der Waals surface area contributed by atoms with Gasteiger partial charge in [-0.15, -0.1) is 0 Å². The van der Waals surface area contributed by atoms with Gasteiger partial charge in [-0.05, 0) is 103 Å². The molecule has 7 atom stereocenters. The second-order valence-electron chi connectivity index (χ2n) is 14.1. The summed E-state index contributed by atoms with van der Waals surface area (Å²) in [6, 6.07) is -7.56. The molecule has 0 heterocycles. The van der Waals surface area contributed by atoms with Crippen molar-refractivity contribution in [3.05, 3.63) is 0 Å². The van der Waals surface area contributed by atoms with Crippen LogP contribution in [0.25, 0.3) is 0 Å². The average Bonchev–Trinajstić information content (AvgIpc) is 3.19. The van der Waals surface area contributed by atoms with Crippen LogP contribution in [0, 0.1) is 0 Å². The van der Waals surface area contributed by atoms with Crippen LogP contribution < -0.4 is 55.3 Å².